The molecule has 1 aromatic heterocycles. The number of rotatable bonds is 7. The highest BCUT2D eigenvalue weighted by Gasteiger charge is 2.05. The molecule has 0 atom stereocenters. The Kier molecular flexibility index (Phi) is 6.56. The standard InChI is InChI=1S/C9H14N4O2S2/c1-10-8(6-13(14)15)11-2-4-16-7-9-12-3-5-17-9/h3,5H,2,4,6-7H2,1H3,(H,10,11). The quantitative estimate of drug-likeness (QED) is 0.266. The van der Waals surface area contributed by atoms with Crippen molar-refractivity contribution in [1.29, 1.82) is 0 Å². The van der Waals surface area contributed by atoms with Gasteiger partial charge in [0.25, 0.3) is 6.54 Å². The van der Waals surface area contributed by atoms with Crippen LogP contribution in [0.5, 0.6) is 0 Å². The van der Waals surface area contributed by atoms with Crippen molar-refractivity contribution < 1.29 is 4.92 Å². The molecule has 0 unspecified atom stereocenters. The first-order chi connectivity index (χ1) is 8.22. The molecular weight excluding hydrogens is 260 g/mol. The zero-order valence-electron chi connectivity index (χ0n) is 9.46. The minimum atomic E-state index is -0.391. The summed E-state index contributed by atoms with van der Waals surface area (Å²) in [5.74, 6) is 2.17. The summed E-state index contributed by atoms with van der Waals surface area (Å²) in [6.45, 7) is 0.435. The summed E-state index contributed by atoms with van der Waals surface area (Å²) in [5, 5.41) is 16.3. The summed E-state index contributed by atoms with van der Waals surface area (Å²) in [4.78, 5) is 17.9. The molecule has 1 heterocycles. The SMILES string of the molecule is CN=C(C[N+](=O)[O-])NCCSCc1nccs1. The van der Waals surface area contributed by atoms with Crippen LogP contribution in [-0.4, -0.2) is 41.6 Å². The molecule has 0 radical (unpaired) electrons. The molecule has 0 saturated carbocycles. The molecule has 0 spiro atoms. The lowest BCUT2D eigenvalue weighted by molar-refractivity contribution is -0.463. The van der Waals surface area contributed by atoms with Crippen molar-refractivity contribution in [2.24, 2.45) is 4.99 Å². The van der Waals surface area contributed by atoms with Crippen LogP contribution >= 0.6 is 23.1 Å². The molecule has 0 aromatic carbocycles. The molecule has 94 valence electrons. The van der Waals surface area contributed by atoms with Gasteiger partial charge in [-0.05, 0) is 0 Å². The maximum atomic E-state index is 10.3. The van der Waals surface area contributed by atoms with Crippen molar-refractivity contribution in [3.05, 3.63) is 26.7 Å². The molecule has 0 saturated heterocycles. The van der Waals surface area contributed by atoms with Crippen molar-refractivity contribution in [3.8, 4) is 0 Å². The van der Waals surface area contributed by atoms with Crippen LogP contribution in [0.2, 0.25) is 0 Å². The van der Waals surface area contributed by atoms with E-state index in [2.05, 4.69) is 15.3 Å². The van der Waals surface area contributed by atoms with Crippen LogP contribution in [0.3, 0.4) is 0 Å². The highest BCUT2D eigenvalue weighted by molar-refractivity contribution is 7.98. The number of nitrogens with zero attached hydrogens (tertiary/aromatic N) is 3. The van der Waals surface area contributed by atoms with Crippen molar-refractivity contribution in [1.82, 2.24) is 10.3 Å². The molecule has 6 nitrogen and oxygen atoms in total. The number of hydrogen-bond acceptors (Lipinski definition) is 6. The fourth-order valence-electron chi connectivity index (χ4n) is 1.08. The average Bonchev–Trinajstić information content (AvgIpc) is 2.79. The van der Waals surface area contributed by atoms with Gasteiger partial charge in [-0.2, -0.15) is 11.8 Å². The van der Waals surface area contributed by atoms with Crippen LogP contribution in [0.4, 0.5) is 0 Å². The van der Waals surface area contributed by atoms with Crippen LogP contribution in [-0.2, 0) is 5.75 Å². The largest absolute Gasteiger partial charge is 0.368 e. The van der Waals surface area contributed by atoms with Crippen LogP contribution in [0, 0.1) is 10.1 Å². The van der Waals surface area contributed by atoms with Gasteiger partial charge in [-0.3, -0.25) is 15.1 Å². The molecular formula is C9H14N4O2S2. The predicted molar refractivity (Wildman–Crippen MR) is 71.5 cm³/mol. The second-order valence-electron chi connectivity index (χ2n) is 3.07. The van der Waals surface area contributed by atoms with E-state index in [0.717, 1.165) is 16.5 Å². The molecule has 0 aliphatic heterocycles. The van der Waals surface area contributed by atoms with Crippen LogP contribution in [0.15, 0.2) is 16.6 Å². The lowest BCUT2D eigenvalue weighted by Gasteiger charge is -2.04. The van der Waals surface area contributed by atoms with E-state index >= 15 is 0 Å². The number of hydrogen-bond donors (Lipinski definition) is 1. The Morgan fingerprint density at radius 2 is 2.59 bits per heavy atom. The fraction of sp³-hybridized carbons (Fsp3) is 0.556. The van der Waals surface area contributed by atoms with Crippen LogP contribution < -0.4 is 5.32 Å². The summed E-state index contributed by atoms with van der Waals surface area (Å²) >= 11 is 3.38. The Balaban J connectivity index is 2.09. The number of nitrogens with one attached hydrogen (secondary N) is 1. The summed E-state index contributed by atoms with van der Waals surface area (Å²) in [7, 11) is 1.55. The predicted octanol–water partition coefficient (Wildman–Crippen LogP) is 1.27. The second kappa shape index (κ2) is 8.02. The van der Waals surface area contributed by atoms with Gasteiger partial charge in [-0.15, -0.1) is 11.3 Å². The van der Waals surface area contributed by atoms with Gasteiger partial charge in [0, 0.05) is 41.6 Å². The molecule has 0 aliphatic rings. The first kappa shape index (κ1) is 13.9. The van der Waals surface area contributed by atoms with E-state index in [1.807, 2.05) is 5.38 Å². The summed E-state index contributed by atoms with van der Waals surface area (Å²) in [5.41, 5.74) is 0. The summed E-state index contributed by atoms with van der Waals surface area (Å²) in [6.07, 6.45) is 1.79. The second-order valence-corrected chi connectivity index (χ2v) is 5.15. The minimum absolute atomic E-state index is 0.242. The maximum absolute atomic E-state index is 10.3. The van der Waals surface area contributed by atoms with Crippen molar-refractivity contribution in [3.63, 3.8) is 0 Å². The number of nitro groups is 1. The normalized spacial score (nSPS) is 11.5. The van der Waals surface area contributed by atoms with Crippen molar-refractivity contribution in [2.75, 3.05) is 25.9 Å². The molecule has 17 heavy (non-hydrogen) atoms. The molecule has 1 rings (SSSR count). The number of aliphatic imine (C=N–C) groups is 1. The van der Waals surface area contributed by atoms with Gasteiger partial charge in [-0.25, -0.2) is 4.98 Å². The molecule has 0 bridgehead atoms. The third-order valence-corrected chi connectivity index (χ3v) is 3.77. The first-order valence-corrected chi connectivity index (χ1v) is 7.03. The van der Waals surface area contributed by atoms with Gasteiger partial charge < -0.3 is 5.32 Å². The summed E-state index contributed by atoms with van der Waals surface area (Å²) < 4.78 is 0. The van der Waals surface area contributed by atoms with E-state index in [1.54, 1.807) is 36.3 Å². The van der Waals surface area contributed by atoms with E-state index in [4.69, 9.17) is 0 Å². The van der Waals surface area contributed by atoms with Gasteiger partial charge in [-0.1, -0.05) is 0 Å². The minimum Gasteiger partial charge on any atom is -0.368 e. The third kappa shape index (κ3) is 6.22. The van der Waals surface area contributed by atoms with E-state index < -0.39 is 4.92 Å². The van der Waals surface area contributed by atoms with Gasteiger partial charge in [0.15, 0.2) is 5.84 Å². The molecule has 0 aliphatic carbocycles. The zero-order valence-corrected chi connectivity index (χ0v) is 11.1. The number of thiazole rings is 1. The van der Waals surface area contributed by atoms with Crippen molar-refractivity contribution in [2.45, 2.75) is 5.75 Å². The Morgan fingerprint density at radius 3 is 3.18 bits per heavy atom. The van der Waals surface area contributed by atoms with Crippen LogP contribution in [0.1, 0.15) is 5.01 Å². The van der Waals surface area contributed by atoms with Gasteiger partial charge in [0.1, 0.15) is 5.01 Å². The Hall–Kier alpha value is -1.15. The molecule has 1 N–H and O–H groups in total. The molecule has 0 fully saturated rings. The Labute approximate surface area is 108 Å². The fourth-order valence-corrected chi connectivity index (χ4v) is 2.64. The highest BCUT2D eigenvalue weighted by Crippen LogP contribution is 2.13. The van der Waals surface area contributed by atoms with Crippen LogP contribution in [0.25, 0.3) is 0 Å². The first-order valence-electron chi connectivity index (χ1n) is 5.00. The van der Waals surface area contributed by atoms with E-state index in [1.165, 1.54) is 0 Å². The highest BCUT2D eigenvalue weighted by atomic mass is 32.2. The van der Waals surface area contributed by atoms with E-state index in [9.17, 15) is 10.1 Å². The average molecular weight is 274 g/mol. The lowest BCUT2D eigenvalue weighted by atomic mass is 10.5. The summed E-state index contributed by atoms with van der Waals surface area (Å²) in [6, 6.07) is 0. The zero-order chi connectivity index (χ0) is 12.5. The third-order valence-electron chi connectivity index (χ3n) is 1.83. The van der Waals surface area contributed by atoms with Gasteiger partial charge >= 0.3 is 0 Å². The monoisotopic (exact) mass is 274 g/mol. The smallest absolute Gasteiger partial charge is 0.259 e. The molecule has 0 amide bonds. The maximum Gasteiger partial charge on any atom is 0.259 e. The Bertz CT molecular complexity index is 367. The topological polar surface area (TPSA) is 80.4 Å². The molecule has 1 aromatic rings. The molecule has 8 heteroatoms. The van der Waals surface area contributed by atoms with Crippen molar-refractivity contribution >= 4 is 28.9 Å². The van der Waals surface area contributed by atoms with Gasteiger partial charge in [0.2, 0.25) is 0 Å². The Morgan fingerprint density at radius 1 is 1.76 bits per heavy atom. The number of aromatic nitrogens is 1. The van der Waals surface area contributed by atoms with E-state index in [-0.39, 0.29) is 6.54 Å². The number of thioether (sulfide) groups is 1. The van der Waals surface area contributed by atoms with Gasteiger partial charge in [0.05, 0.1) is 0 Å². The lowest BCUT2D eigenvalue weighted by Crippen LogP contribution is -2.31. The number of amidine groups is 1. The van der Waals surface area contributed by atoms with E-state index in [0.29, 0.717) is 12.4 Å².